The lowest BCUT2D eigenvalue weighted by Gasteiger charge is -2.22. The molecule has 0 N–H and O–H groups in total. The number of rotatable bonds is 4. The molecule has 0 radical (unpaired) electrons. The van der Waals surface area contributed by atoms with E-state index >= 15 is 0 Å². The molecule has 2 aliphatic rings. The summed E-state index contributed by atoms with van der Waals surface area (Å²) in [6, 6.07) is 9.01. The zero-order valence-electron chi connectivity index (χ0n) is 15.4. The number of ether oxygens (including phenoxy) is 1. The third kappa shape index (κ3) is 3.04. The Balaban J connectivity index is 1.58. The summed E-state index contributed by atoms with van der Waals surface area (Å²) < 4.78 is 5.20. The van der Waals surface area contributed by atoms with Crippen LogP contribution in [0.4, 0.5) is 0 Å². The summed E-state index contributed by atoms with van der Waals surface area (Å²) in [5, 5.41) is 18.4. The third-order valence-corrected chi connectivity index (χ3v) is 5.24. The number of nitriles is 2. The van der Waals surface area contributed by atoms with Crippen molar-refractivity contribution in [1.82, 2.24) is 19.8 Å². The predicted molar refractivity (Wildman–Crippen MR) is 98.4 cm³/mol. The number of methoxy groups -OCH3 is 1. The van der Waals surface area contributed by atoms with Crippen LogP contribution in [0.2, 0.25) is 0 Å². The van der Waals surface area contributed by atoms with Gasteiger partial charge in [-0.15, -0.1) is 0 Å². The van der Waals surface area contributed by atoms with Crippen molar-refractivity contribution in [3.8, 4) is 23.7 Å². The van der Waals surface area contributed by atoms with Gasteiger partial charge in [0, 0.05) is 31.0 Å². The predicted octanol–water partition coefficient (Wildman–Crippen LogP) is 1.54. The molecule has 2 aromatic rings. The molecular formula is C20H18N6O2. The maximum absolute atomic E-state index is 13.0. The van der Waals surface area contributed by atoms with Gasteiger partial charge in [-0.25, -0.2) is 9.97 Å². The van der Waals surface area contributed by atoms with Crippen molar-refractivity contribution < 1.29 is 9.53 Å². The van der Waals surface area contributed by atoms with Crippen molar-refractivity contribution >= 4 is 5.91 Å². The fraction of sp³-hybridized carbons (Fsp3) is 0.350. The molecule has 1 aromatic heterocycles. The lowest BCUT2D eigenvalue weighted by atomic mass is 10.1. The van der Waals surface area contributed by atoms with E-state index in [1.54, 1.807) is 41.3 Å². The molecule has 3 heterocycles. The van der Waals surface area contributed by atoms with E-state index in [2.05, 4.69) is 22.2 Å². The number of carbonyl (C=O) groups is 1. The summed E-state index contributed by atoms with van der Waals surface area (Å²) >= 11 is 0. The van der Waals surface area contributed by atoms with Crippen LogP contribution in [0.5, 0.6) is 0 Å². The standard InChI is InChI=1S/C20H18N6O2/c1-28-11-17-6-16(10-25(17)12-22)26-9-15-8-23-19(24-18(15)20(26)27)14-4-2-3-13(5-14)7-21/h2-5,8,16-17H,6,9-11H2,1H3/t16-,17+/m1/s1. The Hall–Kier alpha value is -3.49. The molecule has 0 saturated carbocycles. The molecule has 1 fully saturated rings. The van der Waals surface area contributed by atoms with Gasteiger partial charge in [-0.2, -0.15) is 10.5 Å². The number of aromatic nitrogens is 2. The van der Waals surface area contributed by atoms with Gasteiger partial charge < -0.3 is 14.5 Å². The molecule has 1 amide bonds. The number of likely N-dealkylation sites (tertiary alicyclic amines) is 1. The molecule has 4 rings (SSSR count). The van der Waals surface area contributed by atoms with Crippen LogP contribution in [0.15, 0.2) is 30.5 Å². The average Bonchev–Trinajstić information content (AvgIpc) is 3.28. The number of amides is 1. The van der Waals surface area contributed by atoms with Crippen molar-refractivity contribution in [3.05, 3.63) is 47.3 Å². The van der Waals surface area contributed by atoms with Gasteiger partial charge in [0.2, 0.25) is 0 Å². The number of hydrogen-bond acceptors (Lipinski definition) is 7. The minimum absolute atomic E-state index is 0.0214. The van der Waals surface area contributed by atoms with Gasteiger partial charge in [0.15, 0.2) is 12.0 Å². The highest BCUT2D eigenvalue weighted by Crippen LogP contribution is 2.30. The van der Waals surface area contributed by atoms with E-state index < -0.39 is 0 Å². The molecule has 8 heteroatoms. The second-order valence-corrected chi connectivity index (χ2v) is 6.94. The van der Waals surface area contributed by atoms with Gasteiger partial charge in [0.1, 0.15) is 5.69 Å². The maximum atomic E-state index is 13.0. The topological polar surface area (TPSA) is 106 Å². The normalized spacial score (nSPS) is 20.8. The lowest BCUT2D eigenvalue weighted by molar-refractivity contribution is 0.0705. The lowest BCUT2D eigenvalue weighted by Crippen LogP contribution is -2.37. The summed E-state index contributed by atoms with van der Waals surface area (Å²) in [7, 11) is 1.61. The van der Waals surface area contributed by atoms with Crippen molar-refractivity contribution in [1.29, 1.82) is 10.5 Å². The summed E-state index contributed by atoms with van der Waals surface area (Å²) in [5.74, 6) is 0.282. The molecule has 140 valence electrons. The van der Waals surface area contributed by atoms with Gasteiger partial charge in [0.25, 0.3) is 5.91 Å². The highest BCUT2D eigenvalue weighted by Gasteiger charge is 2.41. The van der Waals surface area contributed by atoms with E-state index in [4.69, 9.17) is 10.00 Å². The molecule has 0 bridgehead atoms. The fourth-order valence-corrected chi connectivity index (χ4v) is 3.85. The Morgan fingerprint density at radius 2 is 2.21 bits per heavy atom. The molecule has 0 unspecified atom stereocenters. The zero-order chi connectivity index (χ0) is 19.7. The Bertz CT molecular complexity index is 1010. The quantitative estimate of drug-likeness (QED) is 0.747. The number of fused-ring (bicyclic) bond motifs is 1. The highest BCUT2D eigenvalue weighted by atomic mass is 16.5. The first-order valence-electron chi connectivity index (χ1n) is 8.97. The zero-order valence-corrected chi connectivity index (χ0v) is 15.4. The van der Waals surface area contributed by atoms with E-state index in [0.717, 1.165) is 5.56 Å². The van der Waals surface area contributed by atoms with Gasteiger partial charge in [-0.05, 0) is 18.6 Å². The van der Waals surface area contributed by atoms with E-state index in [9.17, 15) is 10.1 Å². The van der Waals surface area contributed by atoms with Crippen LogP contribution >= 0.6 is 0 Å². The van der Waals surface area contributed by atoms with Crippen LogP contribution in [0.1, 0.15) is 28.0 Å². The first-order valence-corrected chi connectivity index (χ1v) is 8.97. The van der Waals surface area contributed by atoms with E-state index in [-0.39, 0.29) is 18.0 Å². The minimum atomic E-state index is -0.143. The average molecular weight is 374 g/mol. The molecule has 1 saturated heterocycles. The molecule has 8 nitrogen and oxygen atoms in total. The number of benzene rings is 1. The largest absolute Gasteiger partial charge is 0.383 e. The van der Waals surface area contributed by atoms with Crippen LogP contribution < -0.4 is 0 Å². The van der Waals surface area contributed by atoms with Crippen LogP contribution in [-0.2, 0) is 11.3 Å². The first-order chi connectivity index (χ1) is 13.6. The van der Waals surface area contributed by atoms with Crippen LogP contribution in [0, 0.1) is 22.8 Å². The Kier molecular flexibility index (Phi) is 4.64. The minimum Gasteiger partial charge on any atom is -0.383 e. The Labute approximate surface area is 162 Å². The molecular weight excluding hydrogens is 356 g/mol. The Morgan fingerprint density at radius 1 is 1.36 bits per heavy atom. The van der Waals surface area contributed by atoms with E-state index in [1.807, 2.05) is 6.07 Å². The number of carbonyl (C=O) groups excluding carboxylic acids is 1. The van der Waals surface area contributed by atoms with Crippen molar-refractivity contribution in [2.45, 2.75) is 25.0 Å². The molecule has 1 aromatic carbocycles. The summed E-state index contributed by atoms with van der Waals surface area (Å²) in [5.41, 5.74) is 2.39. The number of nitrogens with zero attached hydrogens (tertiary/aromatic N) is 6. The Morgan fingerprint density at radius 3 is 2.96 bits per heavy atom. The number of hydrogen-bond donors (Lipinski definition) is 0. The van der Waals surface area contributed by atoms with Crippen LogP contribution in [0.25, 0.3) is 11.4 Å². The molecule has 0 aliphatic carbocycles. The summed E-state index contributed by atoms with van der Waals surface area (Å²) in [4.78, 5) is 25.3. The van der Waals surface area contributed by atoms with Gasteiger partial charge in [-0.3, -0.25) is 4.79 Å². The smallest absolute Gasteiger partial charge is 0.273 e. The summed E-state index contributed by atoms with van der Waals surface area (Å²) in [6.45, 7) is 1.39. The third-order valence-electron chi connectivity index (χ3n) is 5.24. The molecule has 2 atom stereocenters. The van der Waals surface area contributed by atoms with Gasteiger partial charge in [-0.1, -0.05) is 12.1 Å². The monoisotopic (exact) mass is 374 g/mol. The summed E-state index contributed by atoms with van der Waals surface area (Å²) in [6.07, 6.45) is 4.56. The first kappa shape index (κ1) is 17.9. The van der Waals surface area contributed by atoms with Gasteiger partial charge in [0.05, 0.1) is 36.9 Å². The fourth-order valence-electron chi connectivity index (χ4n) is 3.85. The van der Waals surface area contributed by atoms with Crippen molar-refractivity contribution in [2.24, 2.45) is 0 Å². The van der Waals surface area contributed by atoms with Crippen LogP contribution in [0.3, 0.4) is 0 Å². The molecule has 0 spiro atoms. The maximum Gasteiger partial charge on any atom is 0.273 e. The SMILES string of the molecule is COC[C@@H]1C[C@@H](N2Cc3cnc(-c4cccc(C#N)c4)nc3C2=O)CN1C#N. The second kappa shape index (κ2) is 7.26. The van der Waals surface area contributed by atoms with Gasteiger partial charge >= 0.3 is 0 Å². The van der Waals surface area contributed by atoms with Crippen molar-refractivity contribution in [2.75, 3.05) is 20.3 Å². The van der Waals surface area contributed by atoms with Crippen molar-refractivity contribution in [3.63, 3.8) is 0 Å². The van der Waals surface area contributed by atoms with E-state index in [0.29, 0.717) is 48.8 Å². The van der Waals surface area contributed by atoms with E-state index in [1.165, 1.54) is 0 Å². The van der Waals surface area contributed by atoms with Crippen LogP contribution in [-0.4, -0.2) is 58.0 Å². The molecule has 28 heavy (non-hydrogen) atoms. The molecule has 2 aliphatic heterocycles. The highest BCUT2D eigenvalue weighted by molar-refractivity contribution is 5.97. The second-order valence-electron chi connectivity index (χ2n) is 6.94.